The Kier molecular flexibility index (Phi) is 73.2. The highest BCUT2D eigenvalue weighted by Gasteiger charge is 2.22. The third-order valence-corrected chi connectivity index (χ3v) is 16.3. The lowest BCUT2D eigenvalue weighted by molar-refractivity contribution is -0.870. The summed E-state index contributed by atoms with van der Waals surface area (Å²) in [4.78, 5) is 37.6. The van der Waals surface area contributed by atoms with Crippen LogP contribution in [0.3, 0.4) is 0 Å². The minimum absolute atomic E-state index is 0.135. The molecular formula is C90H145NO8. The molecule has 558 valence electrons. The molecule has 0 fully saturated rings. The van der Waals surface area contributed by atoms with Crippen LogP contribution in [-0.4, -0.2) is 82.3 Å². The van der Waals surface area contributed by atoms with E-state index < -0.39 is 24.3 Å². The fourth-order valence-electron chi connectivity index (χ4n) is 10.4. The van der Waals surface area contributed by atoms with E-state index in [1.165, 1.54) is 109 Å². The maximum Gasteiger partial charge on any atom is 0.306 e. The zero-order valence-corrected chi connectivity index (χ0v) is 63.8. The van der Waals surface area contributed by atoms with Gasteiger partial charge in [0.15, 0.2) is 12.4 Å². The summed E-state index contributed by atoms with van der Waals surface area (Å²) in [7, 11) is 5.92. The van der Waals surface area contributed by atoms with Crippen molar-refractivity contribution in [3.8, 4) is 0 Å². The Labute approximate surface area is 608 Å². The van der Waals surface area contributed by atoms with Crippen LogP contribution in [0.5, 0.6) is 0 Å². The molecule has 0 spiro atoms. The standard InChI is InChI=1S/C90H145NO8/c1-6-8-10-12-14-16-18-20-22-24-26-28-30-32-34-36-38-40-42-43-44-45-47-49-51-53-55-57-59-61-63-65-67-69-71-73-75-77-79-81-88(93)99-86(85-98-90(89(94)95)96-83-82-91(3,4)5)84-97-87(92)80-78-76-74-72-70-68-66-64-62-60-58-56-54-52-50-48-46-41-39-37-35-33-31-29-27-25-23-21-19-17-15-13-11-9-7-2/h8-11,14-17,20-23,26-29,32-35,38,40,43-44,47,49,53,55,59,61,65,67,86,90H,6-7,12-13,18-19,24-25,30-31,36-37,39,41-42,45-46,48,50-52,54,56-58,60,62-64,66,68-85H2,1-5H3/b10-8-,11-9-,16-14-,17-15-,22-20-,23-21-,28-26-,29-27-,34-32-,35-33-,40-38-,44-43-,49-47-,55-53-,61-59-,67-65-. The number of aliphatic carboxylic acids is 1. The Bertz CT molecular complexity index is 2340. The molecule has 9 heteroatoms. The molecule has 0 rings (SSSR count). The number of carboxylic acid groups (broad SMARTS) is 1. The quantitative estimate of drug-likeness (QED) is 0.0195. The van der Waals surface area contributed by atoms with Crippen molar-refractivity contribution in [3.05, 3.63) is 194 Å². The average molecular weight is 1370 g/mol. The van der Waals surface area contributed by atoms with E-state index >= 15 is 0 Å². The van der Waals surface area contributed by atoms with Gasteiger partial charge in [-0.2, -0.15) is 0 Å². The van der Waals surface area contributed by atoms with E-state index in [1.54, 1.807) is 0 Å². The van der Waals surface area contributed by atoms with Gasteiger partial charge in [0.2, 0.25) is 0 Å². The van der Waals surface area contributed by atoms with Gasteiger partial charge in [0.25, 0.3) is 0 Å². The molecule has 0 aliphatic carbocycles. The summed E-state index contributed by atoms with van der Waals surface area (Å²) in [6, 6.07) is 0. The van der Waals surface area contributed by atoms with E-state index in [2.05, 4.69) is 208 Å². The summed E-state index contributed by atoms with van der Waals surface area (Å²) in [5, 5.41) is 11.9. The number of carboxylic acids is 1. The molecule has 0 saturated heterocycles. The topological polar surface area (TPSA) is 111 Å². The first-order chi connectivity index (χ1) is 48.6. The Balaban J connectivity index is 4.15. The Morgan fingerprint density at radius 2 is 0.545 bits per heavy atom. The molecule has 0 N–H and O–H groups in total. The number of rotatable bonds is 71. The van der Waals surface area contributed by atoms with Crippen LogP contribution in [0, 0.1) is 0 Å². The minimum Gasteiger partial charge on any atom is -0.545 e. The normalized spacial score (nSPS) is 13.7. The molecule has 0 aliphatic heterocycles. The molecule has 99 heavy (non-hydrogen) atoms. The number of nitrogens with zero attached hydrogens (tertiary/aromatic N) is 1. The van der Waals surface area contributed by atoms with Gasteiger partial charge < -0.3 is 33.3 Å². The summed E-state index contributed by atoms with van der Waals surface area (Å²) in [5.74, 6) is -2.32. The van der Waals surface area contributed by atoms with Crippen LogP contribution in [0.25, 0.3) is 0 Å². The van der Waals surface area contributed by atoms with Gasteiger partial charge in [-0.05, 0) is 141 Å². The number of hydrogen-bond acceptors (Lipinski definition) is 8. The number of carbonyl (C=O) groups excluding carboxylic acids is 3. The van der Waals surface area contributed by atoms with Crippen molar-refractivity contribution in [2.24, 2.45) is 0 Å². The molecule has 0 radical (unpaired) electrons. The SMILES string of the molecule is CC/C=C\C/C=C\C/C=C\C/C=C\C/C=C\C/C=C\C/C=C\C/C=C\C/C=C\C/C=C\C/C=C\CCCCCCCC(=O)OC(COC(=O)CCCCCCCCCCCCCCCCCCCCC/C=C\C/C=C\C/C=C\C/C=C\C/C=C\CC)COC(OCC[N+](C)(C)C)C(=O)[O-]. The number of allylic oxidation sites excluding steroid dienone is 32. The van der Waals surface area contributed by atoms with Gasteiger partial charge in [0.05, 0.1) is 40.3 Å². The predicted octanol–water partition coefficient (Wildman–Crippen LogP) is 24.4. The molecular weight excluding hydrogens is 1220 g/mol. The first kappa shape index (κ1) is 93.1. The van der Waals surface area contributed by atoms with E-state index in [1.807, 2.05) is 21.1 Å². The maximum atomic E-state index is 13.0. The fraction of sp³-hybridized carbons (Fsp3) is 0.611. The number of hydrogen-bond donors (Lipinski definition) is 0. The minimum atomic E-state index is -1.64. The lowest BCUT2D eigenvalue weighted by Gasteiger charge is -2.26. The van der Waals surface area contributed by atoms with Gasteiger partial charge in [-0.1, -0.05) is 337 Å². The maximum absolute atomic E-state index is 13.0. The van der Waals surface area contributed by atoms with Crippen LogP contribution in [-0.2, 0) is 33.3 Å². The third-order valence-electron chi connectivity index (χ3n) is 16.3. The first-order valence-electron chi connectivity index (χ1n) is 39.6. The largest absolute Gasteiger partial charge is 0.545 e. The number of carbonyl (C=O) groups is 3. The van der Waals surface area contributed by atoms with Crippen molar-refractivity contribution in [3.63, 3.8) is 0 Å². The van der Waals surface area contributed by atoms with Crippen LogP contribution in [0.4, 0.5) is 0 Å². The smallest absolute Gasteiger partial charge is 0.306 e. The molecule has 0 bridgehead atoms. The summed E-state index contributed by atoms with van der Waals surface area (Å²) in [6.45, 7) is 4.50. The summed E-state index contributed by atoms with van der Waals surface area (Å²) in [5.41, 5.74) is 0. The van der Waals surface area contributed by atoms with Gasteiger partial charge in [-0.25, -0.2) is 0 Å². The number of likely N-dealkylation sites (N-methyl/N-ethyl adjacent to an activating group) is 1. The van der Waals surface area contributed by atoms with Crippen molar-refractivity contribution in [2.75, 3.05) is 47.5 Å². The second-order valence-corrected chi connectivity index (χ2v) is 26.9. The third kappa shape index (κ3) is 79.3. The molecule has 0 heterocycles. The lowest BCUT2D eigenvalue weighted by Crippen LogP contribution is -2.44. The summed E-state index contributed by atoms with van der Waals surface area (Å²) < 4.78 is 22.8. The molecule has 2 unspecified atom stereocenters. The zero-order valence-electron chi connectivity index (χ0n) is 63.8. The van der Waals surface area contributed by atoms with Crippen LogP contribution in [0.1, 0.15) is 296 Å². The van der Waals surface area contributed by atoms with Gasteiger partial charge >= 0.3 is 11.9 Å². The highest BCUT2D eigenvalue weighted by atomic mass is 16.7. The molecule has 0 aromatic heterocycles. The molecule has 9 nitrogen and oxygen atoms in total. The Hall–Kier alpha value is -5.87. The molecule has 0 aliphatic rings. The van der Waals surface area contributed by atoms with E-state index in [9.17, 15) is 19.5 Å². The predicted molar refractivity (Wildman–Crippen MR) is 425 cm³/mol. The second kappa shape index (κ2) is 77.9. The first-order valence-corrected chi connectivity index (χ1v) is 39.6. The summed E-state index contributed by atoms with van der Waals surface area (Å²) >= 11 is 0. The Morgan fingerprint density at radius 3 is 0.808 bits per heavy atom. The lowest BCUT2D eigenvalue weighted by atomic mass is 10.0. The second-order valence-electron chi connectivity index (χ2n) is 26.9. The molecule has 0 saturated carbocycles. The number of ether oxygens (including phenoxy) is 4. The van der Waals surface area contributed by atoms with Crippen molar-refractivity contribution in [1.82, 2.24) is 0 Å². The highest BCUT2D eigenvalue weighted by molar-refractivity contribution is 5.70. The van der Waals surface area contributed by atoms with E-state index in [0.29, 0.717) is 17.4 Å². The van der Waals surface area contributed by atoms with Gasteiger partial charge in [-0.15, -0.1) is 0 Å². The zero-order chi connectivity index (χ0) is 71.8. The fourth-order valence-corrected chi connectivity index (χ4v) is 10.4. The van der Waals surface area contributed by atoms with E-state index in [4.69, 9.17) is 18.9 Å². The van der Waals surface area contributed by atoms with Crippen LogP contribution in [0.2, 0.25) is 0 Å². The van der Waals surface area contributed by atoms with Crippen LogP contribution < -0.4 is 5.11 Å². The van der Waals surface area contributed by atoms with Crippen LogP contribution >= 0.6 is 0 Å². The molecule has 0 aromatic rings. The number of quaternary nitrogens is 1. The summed E-state index contributed by atoms with van der Waals surface area (Å²) in [6.07, 6.45) is 117. The van der Waals surface area contributed by atoms with E-state index in [0.717, 1.165) is 154 Å². The van der Waals surface area contributed by atoms with Crippen molar-refractivity contribution in [1.29, 1.82) is 0 Å². The number of esters is 2. The van der Waals surface area contributed by atoms with Gasteiger partial charge in [-0.3, -0.25) is 9.59 Å². The van der Waals surface area contributed by atoms with Crippen LogP contribution in [0.15, 0.2) is 194 Å². The number of unbranched alkanes of at least 4 members (excludes halogenated alkanes) is 24. The average Bonchev–Trinajstić information content (AvgIpc) is 1.14. The van der Waals surface area contributed by atoms with E-state index in [-0.39, 0.29) is 38.6 Å². The van der Waals surface area contributed by atoms with Crippen molar-refractivity contribution in [2.45, 2.75) is 309 Å². The highest BCUT2D eigenvalue weighted by Crippen LogP contribution is 2.17. The molecule has 0 aromatic carbocycles. The van der Waals surface area contributed by atoms with Crippen molar-refractivity contribution >= 4 is 17.9 Å². The monoisotopic (exact) mass is 1370 g/mol. The van der Waals surface area contributed by atoms with Crippen molar-refractivity contribution < 1.29 is 42.9 Å². The molecule has 0 amide bonds. The molecule has 2 atom stereocenters. The Morgan fingerprint density at radius 1 is 0.303 bits per heavy atom. The van der Waals surface area contributed by atoms with Gasteiger partial charge in [0.1, 0.15) is 13.2 Å². The van der Waals surface area contributed by atoms with Gasteiger partial charge in [0, 0.05) is 12.8 Å².